The first kappa shape index (κ1) is 22.6. The average molecular weight is 488 g/mol. The Kier molecular flexibility index (Phi) is 5.83. The highest BCUT2D eigenvalue weighted by Gasteiger charge is 2.39. The van der Waals surface area contributed by atoms with E-state index in [2.05, 4.69) is 12.1 Å². The average Bonchev–Trinajstić information content (AvgIpc) is 3.30. The van der Waals surface area contributed by atoms with Gasteiger partial charge in [0.15, 0.2) is 23.0 Å². The van der Waals surface area contributed by atoms with Crippen molar-refractivity contribution in [2.45, 2.75) is 38.8 Å². The smallest absolute Gasteiger partial charge is 0.410 e. The molecule has 186 valence electrons. The Morgan fingerprint density at radius 3 is 2.64 bits per heavy atom. The number of methoxy groups -OCH3 is 1. The molecule has 0 saturated heterocycles. The maximum absolute atomic E-state index is 13.0. The number of benzene rings is 3. The summed E-state index contributed by atoms with van der Waals surface area (Å²) in [5.74, 6) is 2.84. The summed E-state index contributed by atoms with van der Waals surface area (Å²) in [5, 5.41) is 0. The van der Waals surface area contributed by atoms with E-state index in [4.69, 9.17) is 23.7 Å². The van der Waals surface area contributed by atoms with Crippen molar-refractivity contribution in [2.75, 3.05) is 27.1 Å². The molecule has 3 aromatic rings. The molecule has 0 saturated carbocycles. The van der Waals surface area contributed by atoms with Crippen LogP contribution in [-0.4, -0.2) is 38.0 Å². The zero-order valence-corrected chi connectivity index (χ0v) is 20.5. The SMILES string of the molecule is CCOC(=O)N1CCc2cc(OC)c(OCc3ccccc3)c3c2C1CCc1cc2c(cc1-3)OCO2. The molecule has 1 aliphatic carbocycles. The van der Waals surface area contributed by atoms with Gasteiger partial charge in [-0.2, -0.15) is 0 Å². The number of ether oxygens (including phenoxy) is 5. The fraction of sp³-hybridized carbons (Fsp3) is 0.345. The van der Waals surface area contributed by atoms with Crippen LogP contribution in [-0.2, 0) is 24.2 Å². The van der Waals surface area contributed by atoms with E-state index in [9.17, 15) is 4.79 Å². The predicted molar refractivity (Wildman–Crippen MR) is 134 cm³/mol. The lowest BCUT2D eigenvalue weighted by molar-refractivity contribution is 0.0847. The molecule has 7 nitrogen and oxygen atoms in total. The fourth-order valence-corrected chi connectivity index (χ4v) is 5.58. The molecular weight excluding hydrogens is 458 g/mol. The van der Waals surface area contributed by atoms with Gasteiger partial charge in [0.25, 0.3) is 0 Å². The van der Waals surface area contributed by atoms with Crippen molar-refractivity contribution in [2.24, 2.45) is 0 Å². The third-order valence-electron chi connectivity index (χ3n) is 7.21. The normalized spacial score (nSPS) is 17.1. The summed E-state index contributed by atoms with van der Waals surface area (Å²) in [7, 11) is 1.67. The van der Waals surface area contributed by atoms with E-state index >= 15 is 0 Å². The van der Waals surface area contributed by atoms with Crippen molar-refractivity contribution in [1.82, 2.24) is 4.90 Å². The van der Waals surface area contributed by atoms with Gasteiger partial charge in [0.2, 0.25) is 6.79 Å². The Bertz CT molecular complexity index is 1310. The van der Waals surface area contributed by atoms with Crippen molar-refractivity contribution >= 4 is 6.09 Å². The van der Waals surface area contributed by atoms with Crippen LogP contribution in [0.1, 0.15) is 41.6 Å². The van der Waals surface area contributed by atoms with Crippen molar-refractivity contribution < 1.29 is 28.5 Å². The number of hydrogen-bond acceptors (Lipinski definition) is 6. The van der Waals surface area contributed by atoms with Crippen LogP contribution in [0.15, 0.2) is 48.5 Å². The summed E-state index contributed by atoms with van der Waals surface area (Å²) in [6.07, 6.45) is 1.99. The second kappa shape index (κ2) is 9.30. The number of fused-ring (bicyclic) bond motifs is 3. The second-order valence-electron chi connectivity index (χ2n) is 9.19. The molecule has 6 rings (SSSR count). The first-order valence-electron chi connectivity index (χ1n) is 12.4. The summed E-state index contributed by atoms with van der Waals surface area (Å²) in [6, 6.07) is 16.1. The van der Waals surface area contributed by atoms with Crippen molar-refractivity contribution in [3.8, 4) is 34.1 Å². The first-order chi connectivity index (χ1) is 17.7. The van der Waals surface area contributed by atoms with E-state index in [1.807, 2.05) is 48.2 Å². The predicted octanol–water partition coefficient (Wildman–Crippen LogP) is 5.67. The molecule has 0 radical (unpaired) electrons. The Labute approximate surface area is 210 Å². The van der Waals surface area contributed by atoms with Crippen LogP contribution in [0.3, 0.4) is 0 Å². The lowest BCUT2D eigenvalue weighted by Crippen LogP contribution is -2.40. The maximum atomic E-state index is 13.0. The molecule has 3 aromatic carbocycles. The summed E-state index contributed by atoms with van der Waals surface area (Å²) < 4.78 is 29.3. The van der Waals surface area contributed by atoms with Crippen molar-refractivity contribution in [3.05, 3.63) is 70.8 Å². The number of rotatable bonds is 5. The van der Waals surface area contributed by atoms with E-state index in [0.29, 0.717) is 37.7 Å². The minimum absolute atomic E-state index is 0.128. The van der Waals surface area contributed by atoms with E-state index in [1.54, 1.807) is 7.11 Å². The van der Waals surface area contributed by atoms with Crippen LogP contribution < -0.4 is 18.9 Å². The standard InChI is InChI=1S/C29H29NO6/c1-3-33-29(31)30-12-11-20-14-25(32-2)28(34-16-18-7-5-4-6-8-18)27-21-15-24-23(35-17-36-24)13-19(21)9-10-22(30)26(20)27/h4-8,13-15,22H,3,9-12,16-17H2,1-2H3. The van der Waals surface area contributed by atoms with Gasteiger partial charge in [0, 0.05) is 12.1 Å². The van der Waals surface area contributed by atoms with Gasteiger partial charge in [-0.25, -0.2) is 4.79 Å². The number of nitrogens with zero attached hydrogens (tertiary/aromatic N) is 1. The number of amides is 1. The van der Waals surface area contributed by atoms with Gasteiger partial charge < -0.3 is 28.6 Å². The molecule has 36 heavy (non-hydrogen) atoms. The zero-order chi connectivity index (χ0) is 24.6. The van der Waals surface area contributed by atoms with E-state index in [-0.39, 0.29) is 18.9 Å². The Balaban J connectivity index is 1.55. The molecule has 1 atom stereocenters. The zero-order valence-electron chi connectivity index (χ0n) is 20.5. The molecule has 3 aliphatic rings. The molecule has 1 amide bonds. The molecule has 2 aliphatic heterocycles. The molecule has 0 N–H and O–H groups in total. The highest BCUT2D eigenvalue weighted by molar-refractivity contribution is 5.85. The summed E-state index contributed by atoms with van der Waals surface area (Å²) >= 11 is 0. The summed E-state index contributed by atoms with van der Waals surface area (Å²) in [6.45, 7) is 3.39. The molecule has 0 aromatic heterocycles. The van der Waals surface area contributed by atoms with E-state index < -0.39 is 0 Å². The summed E-state index contributed by atoms with van der Waals surface area (Å²) in [4.78, 5) is 14.9. The van der Waals surface area contributed by atoms with Gasteiger partial charge in [-0.15, -0.1) is 0 Å². The molecule has 1 unspecified atom stereocenters. The molecule has 2 heterocycles. The Hall–Kier alpha value is -3.87. The molecular formula is C29H29NO6. The van der Waals surface area contributed by atoms with E-state index in [1.165, 1.54) is 5.56 Å². The highest BCUT2D eigenvalue weighted by Crippen LogP contribution is 2.53. The van der Waals surface area contributed by atoms with E-state index in [0.717, 1.165) is 52.2 Å². The van der Waals surface area contributed by atoms with Gasteiger partial charge in [-0.05, 0) is 72.2 Å². The largest absolute Gasteiger partial charge is 0.493 e. The third-order valence-corrected chi connectivity index (χ3v) is 7.21. The minimum atomic E-state index is -0.276. The highest BCUT2D eigenvalue weighted by atomic mass is 16.7. The van der Waals surface area contributed by atoms with Crippen LogP contribution in [0.4, 0.5) is 4.79 Å². The maximum Gasteiger partial charge on any atom is 0.410 e. The number of aryl methyl sites for hydroxylation is 1. The monoisotopic (exact) mass is 487 g/mol. The van der Waals surface area contributed by atoms with Gasteiger partial charge in [0.1, 0.15) is 6.61 Å². The molecule has 0 fully saturated rings. The fourth-order valence-electron chi connectivity index (χ4n) is 5.58. The van der Waals surface area contributed by atoms with Crippen LogP contribution in [0.2, 0.25) is 0 Å². The van der Waals surface area contributed by atoms with Crippen molar-refractivity contribution in [1.29, 1.82) is 0 Å². The minimum Gasteiger partial charge on any atom is -0.493 e. The Morgan fingerprint density at radius 2 is 1.86 bits per heavy atom. The number of carbonyl (C=O) groups excluding carboxylic acids is 1. The first-order valence-corrected chi connectivity index (χ1v) is 12.4. The lowest BCUT2D eigenvalue weighted by Gasteiger charge is -2.37. The third kappa shape index (κ3) is 3.79. The van der Waals surface area contributed by atoms with Crippen molar-refractivity contribution in [3.63, 3.8) is 0 Å². The Morgan fingerprint density at radius 1 is 1.06 bits per heavy atom. The van der Waals surface area contributed by atoms with Crippen LogP contribution in [0, 0.1) is 0 Å². The van der Waals surface area contributed by atoms with Crippen LogP contribution >= 0.6 is 0 Å². The van der Waals surface area contributed by atoms with Crippen LogP contribution in [0.5, 0.6) is 23.0 Å². The quantitative estimate of drug-likeness (QED) is 0.462. The molecule has 7 heteroatoms. The number of carbonyl (C=O) groups is 1. The summed E-state index contributed by atoms with van der Waals surface area (Å²) in [5.41, 5.74) is 6.47. The van der Waals surface area contributed by atoms with Gasteiger partial charge >= 0.3 is 6.09 Å². The van der Waals surface area contributed by atoms with Gasteiger partial charge in [0.05, 0.1) is 19.8 Å². The van der Waals surface area contributed by atoms with Gasteiger partial charge in [-0.1, -0.05) is 30.3 Å². The topological polar surface area (TPSA) is 66.5 Å². The van der Waals surface area contributed by atoms with Crippen LogP contribution in [0.25, 0.3) is 11.1 Å². The molecule has 0 bridgehead atoms. The number of hydrogen-bond donors (Lipinski definition) is 0. The van der Waals surface area contributed by atoms with Gasteiger partial charge in [-0.3, -0.25) is 0 Å². The molecule has 0 spiro atoms. The lowest BCUT2D eigenvalue weighted by atomic mass is 9.85. The second-order valence-corrected chi connectivity index (χ2v) is 9.19.